The molecule has 2 atom stereocenters. The predicted molar refractivity (Wildman–Crippen MR) is 147 cm³/mol. The van der Waals surface area contributed by atoms with Crippen LogP contribution in [0.2, 0.25) is 0 Å². The average Bonchev–Trinajstić information content (AvgIpc) is 3.37. The molecule has 5 aromatic rings. The SMILES string of the molecule is COc1cc2ccc(C#N)cc2cc1[C@@H](c1ccccc1)[C@@](O)(CCN(C)C)c1cc2ccccc2o1. The number of rotatable bonds is 8. The van der Waals surface area contributed by atoms with Gasteiger partial charge in [-0.2, -0.15) is 5.26 Å². The summed E-state index contributed by atoms with van der Waals surface area (Å²) in [6.45, 7) is 0.644. The maximum Gasteiger partial charge on any atom is 0.137 e. The number of benzene rings is 4. The van der Waals surface area contributed by atoms with Gasteiger partial charge in [0.2, 0.25) is 0 Å². The highest BCUT2D eigenvalue weighted by Crippen LogP contribution is 2.49. The maximum atomic E-state index is 12.8. The fourth-order valence-electron chi connectivity index (χ4n) is 5.12. The Hall–Kier alpha value is -4.11. The van der Waals surface area contributed by atoms with Crippen molar-refractivity contribution in [2.24, 2.45) is 0 Å². The molecule has 1 heterocycles. The normalized spacial score (nSPS) is 13.9. The van der Waals surface area contributed by atoms with Crippen LogP contribution in [0.3, 0.4) is 0 Å². The number of para-hydroxylation sites is 1. The minimum absolute atomic E-state index is 0.429. The van der Waals surface area contributed by atoms with Gasteiger partial charge < -0.3 is 19.2 Å². The molecular formula is C32H30N2O3. The van der Waals surface area contributed by atoms with Crippen LogP contribution >= 0.6 is 0 Å². The van der Waals surface area contributed by atoms with Gasteiger partial charge in [0.15, 0.2) is 0 Å². The first-order valence-corrected chi connectivity index (χ1v) is 12.4. The number of hydrogen-bond donors (Lipinski definition) is 1. The first-order chi connectivity index (χ1) is 17.9. The Morgan fingerprint density at radius 3 is 2.38 bits per heavy atom. The molecule has 0 spiro atoms. The Labute approximate surface area is 217 Å². The molecule has 4 aromatic carbocycles. The fraction of sp³-hybridized carbons (Fsp3) is 0.219. The lowest BCUT2D eigenvalue weighted by Crippen LogP contribution is -2.37. The smallest absolute Gasteiger partial charge is 0.137 e. The molecule has 0 aliphatic heterocycles. The Morgan fingerprint density at radius 1 is 0.919 bits per heavy atom. The molecule has 0 bridgehead atoms. The van der Waals surface area contributed by atoms with E-state index in [-0.39, 0.29) is 0 Å². The van der Waals surface area contributed by atoms with Gasteiger partial charge in [-0.15, -0.1) is 0 Å². The fourth-order valence-corrected chi connectivity index (χ4v) is 5.12. The number of hydrogen-bond acceptors (Lipinski definition) is 5. The van der Waals surface area contributed by atoms with Gasteiger partial charge in [0.05, 0.1) is 18.7 Å². The predicted octanol–water partition coefficient (Wildman–Crippen LogP) is 6.44. The third-order valence-corrected chi connectivity index (χ3v) is 7.03. The van der Waals surface area contributed by atoms with Crippen molar-refractivity contribution in [3.8, 4) is 11.8 Å². The standard InChI is InChI=1S/C32H30N2O3/c1-34(2)16-15-32(35,30-20-25-11-7-8-12-28(25)37-30)31(23-9-5-4-6-10-23)27-18-26-17-22(21-33)13-14-24(26)19-29(27)36-3/h4-14,17-20,31,35H,15-16H2,1-3H3/t31-,32-/m1/s1. The summed E-state index contributed by atoms with van der Waals surface area (Å²) in [5.41, 5.74) is 1.70. The lowest BCUT2D eigenvalue weighted by Gasteiger charge is -2.37. The number of methoxy groups -OCH3 is 1. The zero-order valence-corrected chi connectivity index (χ0v) is 21.3. The van der Waals surface area contributed by atoms with Crippen LogP contribution in [0.15, 0.2) is 95.4 Å². The van der Waals surface area contributed by atoms with Crippen LogP contribution in [0.5, 0.6) is 5.75 Å². The van der Waals surface area contributed by atoms with Crippen molar-refractivity contribution in [2.75, 3.05) is 27.7 Å². The Balaban J connectivity index is 1.80. The van der Waals surface area contributed by atoms with Crippen molar-refractivity contribution in [3.05, 3.63) is 113 Å². The van der Waals surface area contributed by atoms with E-state index in [1.165, 1.54) is 0 Å². The van der Waals surface area contributed by atoms with Gasteiger partial charge >= 0.3 is 0 Å². The lowest BCUT2D eigenvalue weighted by atomic mass is 9.73. The van der Waals surface area contributed by atoms with E-state index < -0.39 is 11.5 Å². The first kappa shape index (κ1) is 24.6. The second-order valence-corrected chi connectivity index (χ2v) is 9.74. The highest BCUT2D eigenvalue weighted by molar-refractivity contribution is 5.87. The number of aliphatic hydroxyl groups is 1. The molecule has 1 N–H and O–H groups in total. The van der Waals surface area contributed by atoms with E-state index >= 15 is 0 Å². The van der Waals surface area contributed by atoms with E-state index in [0.29, 0.717) is 30.0 Å². The van der Waals surface area contributed by atoms with Crippen molar-refractivity contribution < 1.29 is 14.3 Å². The summed E-state index contributed by atoms with van der Waals surface area (Å²) in [6, 6.07) is 31.6. The summed E-state index contributed by atoms with van der Waals surface area (Å²) < 4.78 is 12.2. The Bertz CT molecular complexity index is 1550. The summed E-state index contributed by atoms with van der Waals surface area (Å²) in [7, 11) is 5.64. The zero-order chi connectivity index (χ0) is 26.0. The molecule has 0 fully saturated rings. The van der Waals surface area contributed by atoms with Crippen LogP contribution in [0, 0.1) is 11.3 Å². The Kier molecular flexibility index (Phi) is 6.71. The van der Waals surface area contributed by atoms with Gasteiger partial charge in [-0.3, -0.25) is 0 Å². The van der Waals surface area contributed by atoms with E-state index in [2.05, 4.69) is 11.0 Å². The monoisotopic (exact) mass is 490 g/mol. The summed E-state index contributed by atoms with van der Waals surface area (Å²) >= 11 is 0. The highest BCUT2D eigenvalue weighted by atomic mass is 16.5. The quantitative estimate of drug-likeness (QED) is 0.271. The molecule has 0 unspecified atom stereocenters. The van der Waals surface area contributed by atoms with Gasteiger partial charge in [0.25, 0.3) is 0 Å². The van der Waals surface area contributed by atoms with E-state index in [1.54, 1.807) is 13.2 Å². The molecular weight excluding hydrogens is 460 g/mol. The van der Waals surface area contributed by atoms with Gasteiger partial charge in [-0.05, 0) is 73.3 Å². The van der Waals surface area contributed by atoms with Crippen molar-refractivity contribution in [3.63, 3.8) is 0 Å². The molecule has 5 heteroatoms. The van der Waals surface area contributed by atoms with Crippen LogP contribution in [-0.4, -0.2) is 37.8 Å². The van der Waals surface area contributed by atoms with Crippen LogP contribution in [0.25, 0.3) is 21.7 Å². The second kappa shape index (κ2) is 10.1. The van der Waals surface area contributed by atoms with Crippen LogP contribution in [0.1, 0.15) is 34.8 Å². The van der Waals surface area contributed by atoms with Crippen molar-refractivity contribution in [2.45, 2.75) is 17.9 Å². The van der Waals surface area contributed by atoms with Crippen molar-refractivity contribution >= 4 is 21.7 Å². The minimum Gasteiger partial charge on any atom is -0.496 e. The maximum absolute atomic E-state index is 12.8. The third kappa shape index (κ3) is 4.70. The number of ether oxygens (including phenoxy) is 1. The van der Waals surface area contributed by atoms with Gasteiger partial charge in [-0.1, -0.05) is 54.6 Å². The summed E-state index contributed by atoms with van der Waals surface area (Å²) in [4.78, 5) is 2.06. The summed E-state index contributed by atoms with van der Waals surface area (Å²) in [5.74, 6) is 0.682. The molecule has 0 radical (unpaired) electrons. The molecule has 186 valence electrons. The third-order valence-electron chi connectivity index (χ3n) is 7.03. The molecule has 5 nitrogen and oxygen atoms in total. The molecule has 0 saturated heterocycles. The number of nitrogens with zero attached hydrogens (tertiary/aromatic N) is 2. The van der Waals surface area contributed by atoms with E-state index in [1.807, 2.05) is 99.0 Å². The van der Waals surface area contributed by atoms with Gasteiger partial charge in [-0.25, -0.2) is 0 Å². The zero-order valence-electron chi connectivity index (χ0n) is 21.3. The topological polar surface area (TPSA) is 69.6 Å². The minimum atomic E-state index is -1.39. The molecule has 1 aromatic heterocycles. The van der Waals surface area contributed by atoms with Crippen molar-refractivity contribution in [1.82, 2.24) is 4.90 Å². The van der Waals surface area contributed by atoms with Crippen LogP contribution in [0.4, 0.5) is 0 Å². The van der Waals surface area contributed by atoms with Crippen LogP contribution < -0.4 is 4.74 Å². The Morgan fingerprint density at radius 2 is 1.68 bits per heavy atom. The molecule has 0 aliphatic carbocycles. The van der Waals surface area contributed by atoms with E-state index in [9.17, 15) is 10.4 Å². The van der Waals surface area contributed by atoms with Gasteiger partial charge in [0.1, 0.15) is 22.7 Å². The summed E-state index contributed by atoms with van der Waals surface area (Å²) in [5, 5.41) is 25.1. The molecule has 37 heavy (non-hydrogen) atoms. The molecule has 5 rings (SSSR count). The average molecular weight is 491 g/mol. The number of fused-ring (bicyclic) bond motifs is 2. The molecule has 0 amide bonds. The second-order valence-electron chi connectivity index (χ2n) is 9.74. The largest absolute Gasteiger partial charge is 0.496 e. The number of furan rings is 1. The first-order valence-electron chi connectivity index (χ1n) is 12.4. The molecule has 0 aliphatic rings. The molecule has 0 saturated carbocycles. The van der Waals surface area contributed by atoms with Crippen molar-refractivity contribution in [1.29, 1.82) is 5.26 Å². The van der Waals surface area contributed by atoms with E-state index in [0.717, 1.165) is 32.9 Å². The van der Waals surface area contributed by atoms with Gasteiger partial charge in [0, 0.05) is 23.4 Å². The lowest BCUT2D eigenvalue weighted by molar-refractivity contribution is -0.0143. The highest BCUT2D eigenvalue weighted by Gasteiger charge is 2.44. The number of nitriles is 1. The van der Waals surface area contributed by atoms with Crippen LogP contribution in [-0.2, 0) is 5.60 Å². The summed E-state index contributed by atoms with van der Waals surface area (Å²) in [6.07, 6.45) is 0.429. The van der Waals surface area contributed by atoms with E-state index in [4.69, 9.17) is 9.15 Å².